The van der Waals surface area contributed by atoms with Gasteiger partial charge in [0.15, 0.2) is 5.69 Å². The van der Waals surface area contributed by atoms with E-state index in [-0.39, 0.29) is 17.4 Å². The lowest BCUT2D eigenvalue weighted by Crippen LogP contribution is -2.24. The summed E-state index contributed by atoms with van der Waals surface area (Å²) >= 11 is 0. The van der Waals surface area contributed by atoms with Crippen molar-refractivity contribution < 1.29 is 14.0 Å². The number of pyridine rings is 1. The van der Waals surface area contributed by atoms with Crippen molar-refractivity contribution in [1.82, 2.24) is 14.7 Å². The lowest BCUT2D eigenvalue weighted by Gasteiger charge is -2.04. The highest BCUT2D eigenvalue weighted by Gasteiger charge is 2.21. The van der Waals surface area contributed by atoms with Gasteiger partial charge in [-0.2, -0.15) is 0 Å². The van der Waals surface area contributed by atoms with Gasteiger partial charge in [0.1, 0.15) is 5.82 Å². The fourth-order valence-corrected chi connectivity index (χ4v) is 2.44. The second kappa shape index (κ2) is 7.12. The Kier molecular flexibility index (Phi) is 4.74. The zero-order chi connectivity index (χ0) is 17.8. The van der Waals surface area contributed by atoms with Gasteiger partial charge in [-0.15, -0.1) is 0 Å². The molecule has 25 heavy (non-hydrogen) atoms. The summed E-state index contributed by atoms with van der Waals surface area (Å²) in [6.07, 6.45) is 2.45. The minimum atomic E-state index is -0.527. The molecule has 128 valence electrons. The molecule has 0 radical (unpaired) electrons. The second-order valence-electron chi connectivity index (χ2n) is 5.46. The van der Waals surface area contributed by atoms with E-state index in [4.69, 9.17) is 0 Å². The highest BCUT2D eigenvalue weighted by Crippen LogP contribution is 2.16. The van der Waals surface area contributed by atoms with Gasteiger partial charge in [0.05, 0.1) is 5.52 Å². The molecule has 1 aromatic carbocycles. The number of carbonyl (C=O) groups excluding carboxylic acids is 2. The largest absolute Gasteiger partial charge is 0.351 e. The summed E-state index contributed by atoms with van der Waals surface area (Å²) in [4.78, 5) is 29.0. The molecule has 2 heterocycles. The first-order chi connectivity index (χ1) is 12.1. The van der Waals surface area contributed by atoms with Crippen LogP contribution in [0.5, 0.6) is 0 Å². The Hall–Kier alpha value is -3.22. The average Bonchev–Trinajstić information content (AvgIpc) is 2.99. The van der Waals surface area contributed by atoms with E-state index in [0.29, 0.717) is 17.7 Å². The van der Waals surface area contributed by atoms with Gasteiger partial charge in [0, 0.05) is 18.4 Å². The number of fused-ring (bicyclic) bond motifs is 1. The number of anilines is 1. The van der Waals surface area contributed by atoms with Crippen molar-refractivity contribution in [1.29, 1.82) is 0 Å². The number of hydrogen-bond donors (Lipinski definition) is 2. The first-order valence-corrected chi connectivity index (χ1v) is 7.92. The third kappa shape index (κ3) is 3.50. The molecule has 0 atom stereocenters. The van der Waals surface area contributed by atoms with Crippen molar-refractivity contribution in [3.05, 3.63) is 66.0 Å². The van der Waals surface area contributed by atoms with Crippen molar-refractivity contribution in [2.75, 3.05) is 11.9 Å². The quantitative estimate of drug-likeness (QED) is 0.750. The molecule has 0 aliphatic rings. The standard InChI is InChI=1S/C18H17FN4O2/c1-2-9-20-17(24)15-14-8-3-4-10-23(14)16(22-15)18(25)21-13-7-5-6-12(19)11-13/h3-8,10-11H,2,9H2,1H3,(H,20,24)(H,21,25). The summed E-state index contributed by atoms with van der Waals surface area (Å²) in [5.74, 6) is -1.26. The normalized spacial score (nSPS) is 10.6. The molecular formula is C18H17FN4O2. The molecule has 0 aliphatic carbocycles. The molecule has 3 rings (SSSR count). The van der Waals surface area contributed by atoms with E-state index < -0.39 is 11.7 Å². The number of nitrogens with zero attached hydrogens (tertiary/aromatic N) is 2. The van der Waals surface area contributed by atoms with E-state index in [1.165, 1.54) is 22.6 Å². The van der Waals surface area contributed by atoms with E-state index in [1.54, 1.807) is 30.5 Å². The molecule has 0 fully saturated rings. The fourth-order valence-electron chi connectivity index (χ4n) is 2.44. The van der Waals surface area contributed by atoms with Crippen molar-refractivity contribution in [3.63, 3.8) is 0 Å². The summed E-state index contributed by atoms with van der Waals surface area (Å²) in [6.45, 7) is 2.47. The van der Waals surface area contributed by atoms with Crippen LogP contribution in [-0.4, -0.2) is 27.7 Å². The van der Waals surface area contributed by atoms with Gasteiger partial charge >= 0.3 is 0 Å². The van der Waals surface area contributed by atoms with Gasteiger partial charge < -0.3 is 10.6 Å². The van der Waals surface area contributed by atoms with Crippen LogP contribution in [0, 0.1) is 5.82 Å². The molecule has 2 amide bonds. The number of rotatable bonds is 5. The van der Waals surface area contributed by atoms with Crippen LogP contribution in [-0.2, 0) is 0 Å². The van der Waals surface area contributed by atoms with Gasteiger partial charge in [-0.1, -0.05) is 19.1 Å². The van der Waals surface area contributed by atoms with Crippen molar-refractivity contribution >= 4 is 23.0 Å². The number of benzene rings is 1. The molecule has 0 aliphatic heterocycles. The SMILES string of the molecule is CCCNC(=O)c1nc(C(=O)Nc2cccc(F)c2)n2ccccc12. The van der Waals surface area contributed by atoms with Crippen LogP contribution in [0.1, 0.15) is 34.5 Å². The Balaban J connectivity index is 1.96. The molecule has 0 spiro atoms. The minimum absolute atomic E-state index is 0.0570. The lowest BCUT2D eigenvalue weighted by atomic mass is 10.3. The first kappa shape index (κ1) is 16.6. The topological polar surface area (TPSA) is 75.5 Å². The molecule has 0 bridgehead atoms. The molecule has 0 unspecified atom stereocenters. The zero-order valence-corrected chi connectivity index (χ0v) is 13.6. The summed E-state index contributed by atoms with van der Waals surface area (Å²) in [5, 5.41) is 5.35. The van der Waals surface area contributed by atoms with E-state index in [0.717, 1.165) is 6.42 Å². The number of carbonyl (C=O) groups is 2. The Labute approximate surface area is 143 Å². The van der Waals surface area contributed by atoms with Gasteiger partial charge in [-0.05, 0) is 36.8 Å². The Bertz CT molecular complexity index is 936. The average molecular weight is 340 g/mol. The van der Waals surface area contributed by atoms with Crippen LogP contribution in [0.4, 0.5) is 10.1 Å². The molecule has 0 saturated heterocycles. The highest BCUT2D eigenvalue weighted by molar-refractivity contribution is 6.06. The number of amides is 2. The Morgan fingerprint density at radius 2 is 2.00 bits per heavy atom. The van der Waals surface area contributed by atoms with E-state index in [2.05, 4.69) is 15.6 Å². The molecule has 0 saturated carbocycles. The fraction of sp³-hybridized carbons (Fsp3) is 0.167. The van der Waals surface area contributed by atoms with Crippen LogP contribution in [0.2, 0.25) is 0 Å². The molecule has 3 aromatic rings. The van der Waals surface area contributed by atoms with Crippen molar-refractivity contribution in [2.24, 2.45) is 0 Å². The molecular weight excluding hydrogens is 323 g/mol. The van der Waals surface area contributed by atoms with Crippen LogP contribution in [0.15, 0.2) is 48.7 Å². The first-order valence-electron chi connectivity index (χ1n) is 7.92. The maximum absolute atomic E-state index is 13.3. The van der Waals surface area contributed by atoms with Crippen molar-refractivity contribution in [2.45, 2.75) is 13.3 Å². The predicted octanol–water partition coefficient (Wildman–Crippen LogP) is 2.87. The smallest absolute Gasteiger partial charge is 0.292 e. The van der Waals surface area contributed by atoms with Crippen LogP contribution < -0.4 is 10.6 Å². The monoisotopic (exact) mass is 340 g/mol. The molecule has 2 aromatic heterocycles. The van der Waals surface area contributed by atoms with Gasteiger partial charge in [-0.25, -0.2) is 9.37 Å². The second-order valence-corrected chi connectivity index (χ2v) is 5.46. The summed E-state index contributed by atoms with van der Waals surface area (Å²) in [5.41, 5.74) is 1.02. The van der Waals surface area contributed by atoms with E-state index in [1.807, 2.05) is 6.92 Å². The summed E-state index contributed by atoms with van der Waals surface area (Å²) < 4.78 is 14.8. The number of imidazole rings is 1. The minimum Gasteiger partial charge on any atom is -0.351 e. The van der Waals surface area contributed by atoms with Gasteiger partial charge in [0.25, 0.3) is 11.8 Å². The van der Waals surface area contributed by atoms with Crippen LogP contribution >= 0.6 is 0 Å². The zero-order valence-electron chi connectivity index (χ0n) is 13.6. The van der Waals surface area contributed by atoms with Crippen molar-refractivity contribution in [3.8, 4) is 0 Å². The molecule has 2 N–H and O–H groups in total. The highest BCUT2D eigenvalue weighted by atomic mass is 19.1. The number of hydrogen-bond acceptors (Lipinski definition) is 3. The summed E-state index contributed by atoms with van der Waals surface area (Å²) in [7, 11) is 0. The number of nitrogens with one attached hydrogen (secondary N) is 2. The Morgan fingerprint density at radius 1 is 1.16 bits per heavy atom. The number of aromatic nitrogens is 2. The third-order valence-corrected chi connectivity index (χ3v) is 3.58. The lowest BCUT2D eigenvalue weighted by molar-refractivity contribution is 0.0951. The van der Waals surface area contributed by atoms with Gasteiger partial charge in [-0.3, -0.25) is 14.0 Å². The van der Waals surface area contributed by atoms with Gasteiger partial charge in [0.2, 0.25) is 5.82 Å². The van der Waals surface area contributed by atoms with E-state index >= 15 is 0 Å². The Morgan fingerprint density at radius 3 is 2.76 bits per heavy atom. The molecule has 6 nitrogen and oxygen atoms in total. The third-order valence-electron chi connectivity index (χ3n) is 3.58. The summed E-state index contributed by atoms with van der Waals surface area (Å²) in [6, 6.07) is 10.8. The number of halogens is 1. The molecule has 7 heteroatoms. The van der Waals surface area contributed by atoms with Crippen LogP contribution in [0.25, 0.3) is 5.52 Å². The maximum atomic E-state index is 13.3. The van der Waals surface area contributed by atoms with E-state index in [9.17, 15) is 14.0 Å². The van der Waals surface area contributed by atoms with Crippen LogP contribution in [0.3, 0.4) is 0 Å². The maximum Gasteiger partial charge on any atom is 0.292 e. The predicted molar refractivity (Wildman–Crippen MR) is 92.2 cm³/mol.